The van der Waals surface area contributed by atoms with Crippen molar-refractivity contribution in [2.45, 2.75) is 13.5 Å². The minimum Gasteiger partial charge on any atom is -0.366 e. The monoisotopic (exact) mass is 283 g/mol. The third kappa shape index (κ3) is 3.83. The summed E-state index contributed by atoms with van der Waals surface area (Å²) in [6, 6.07) is 15.8. The Morgan fingerprint density at radius 3 is 2.48 bits per heavy atom. The number of rotatable bonds is 6. The van der Waals surface area contributed by atoms with Crippen molar-refractivity contribution in [1.29, 1.82) is 0 Å². The number of amides is 1. The van der Waals surface area contributed by atoms with Crippen LogP contribution < -0.4 is 16.4 Å². The summed E-state index contributed by atoms with van der Waals surface area (Å²) in [5.74, 6) is -0.417. The first-order valence-corrected chi connectivity index (χ1v) is 7.01. The lowest BCUT2D eigenvalue weighted by Gasteiger charge is -2.26. The Balaban J connectivity index is 2.37. The molecule has 1 amide bonds. The lowest BCUT2D eigenvalue weighted by atomic mass is 10.1. The van der Waals surface area contributed by atoms with E-state index in [2.05, 4.69) is 17.0 Å². The molecule has 0 heterocycles. The molecule has 21 heavy (non-hydrogen) atoms. The van der Waals surface area contributed by atoms with Crippen molar-refractivity contribution in [3.63, 3.8) is 0 Å². The Morgan fingerprint density at radius 2 is 1.86 bits per heavy atom. The molecule has 0 aromatic heterocycles. The van der Waals surface area contributed by atoms with E-state index in [-0.39, 0.29) is 0 Å². The van der Waals surface area contributed by atoms with Gasteiger partial charge in [0.25, 0.3) is 5.91 Å². The second kappa shape index (κ2) is 6.90. The van der Waals surface area contributed by atoms with Gasteiger partial charge in [-0.05, 0) is 30.2 Å². The van der Waals surface area contributed by atoms with Gasteiger partial charge in [0.05, 0.1) is 11.3 Å². The van der Waals surface area contributed by atoms with E-state index in [4.69, 9.17) is 11.5 Å². The van der Waals surface area contributed by atoms with Gasteiger partial charge >= 0.3 is 0 Å². The fraction of sp³-hybridized carbons (Fsp3) is 0.235. The smallest absolute Gasteiger partial charge is 0.250 e. The van der Waals surface area contributed by atoms with Crippen LogP contribution in [0.4, 0.5) is 5.69 Å². The second-order valence-electron chi connectivity index (χ2n) is 5.08. The summed E-state index contributed by atoms with van der Waals surface area (Å²) in [5, 5.41) is 0. The molecule has 0 radical (unpaired) electrons. The van der Waals surface area contributed by atoms with Crippen LogP contribution in [0.5, 0.6) is 0 Å². The fourth-order valence-corrected chi connectivity index (χ4v) is 2.36. The summed E-state index contributed by atoms with van der Waals surface area (Å²) in [6.45, 7) is 3.87. The fourth-order valence-electron chi connectivity index (χ4n) is 2.36. The van der Waals surface area contributed by atoms with Gasteiger partial charge in [0.1, 0.15) is 0 Å². The molecule has 0 unspecified atom stereocenters. The number of benzene rings is 2. The predicted octanol–water partition coefficient (Wildman–Crippen LogP) is 2.06. The highest BCUT2D eigenvalue weighted by atomic mass is 16.1. The van der Waals surface area contributed by atoms with Gasteiger partial charge in [-0.1, -0.05) is 36.4 Å². The van der Waals surface area contributed by atoms with Crippen LogP contribution >= 0.6 is 0 Å². The van der Waals surface area contributed by atoms with Crippen LogP contribution in [0.15, 0.2) is 48.5 Å². The van der Waals surface area contributed by atoms with E-state index in [0.717, 1.165) is 11.3 Å². The van der Waals surface area contributed by atoms with Gasteiger partial charge in [-0.2, -0.15) is 0 Å². The zero-order chi connectivity index (χ0) is 15.2. The number of nitrogens with zero attached hydrogens (tertiary/aromatic N) is 1. The maximum absolute atomic E-state index is 11.7. The van der Waals surface area contributed by atoms with Gasteiger partial charge in [0, 0.05) is 19.6 Å². The van der Waals surface area contributed by atoms with Gasteiger partial charge in [0.15, 0.2) is 0 Å². The van der Waals surface area contributed by atoms with Crippen LogP contribution in [0, 0.1) is 6.92 Å². The summed E-state index contributed by atoms with van der Waals surface area (Å²) in [6.07, 6.45) is 0. The predicted molar refractivity (Wildman–Crippen MR) is 86.2 cm³/mol. The second-order valence-corrected chi connectivity index (χ2v) is 5.08. The normalized spacial score (nSPS) is 10.4. The first kappa shape index (κ1) is 15.1. The number of nitrogens with two attached hydrogens (primary N) is 2. The van der Waals surface area contributed by atoms with Gasteiger partial charge in [-0.25, -0.2) is 0 Å². The Hall–Kier alpha value is -2.33. The van der Waals surface area contributed by atoms with Crippen molar-refractivity contribution in [2.75, 3.05) is 18.0 Å². The minimum absolute atomic E-state index is 0.417. The lowest BCUT2D eigenvalue weighted by Crippen LogP contribution is -2.31. The molecule has 0 spiro atoms. The first-order valence-electron chi connectivity index (χ1n) is 7.01. The molecule has 4 nitrogen and oxygen atoms in total. The molecular weight excluding hydrogens is 262 g/mol. The third-order valence-corrected chi connectivity index (χ3v) is 3.37. The van der Waals surface area contributed by atoms with Crippen molar-refractivity contribution >= 4 is 11.6 Å². The van der Waals surface area contributed by atoms with Crippen molar-refractivity contribution in [1.82, 2.24) is 0 Å². The maximum Gasteiger partial charge on any atom is 0.250 e. The average molecular weight is 283 g/mol. The Bertz CT molecular complexity index is 611. The van der Waals surface area contributed by atoms with E-state index in [9.17, 15) is 4.79 Å². The molecule has 0 atom stereocenters. The number of hydrogen-bond donors (Lipinski definition) is 2. The van der Waals surface area contributed by atoms with Crippen LogP contribution in [0.25, 0.3) is 0 Å². The maximum atomic E-state index is 11.7. The van der Waals surface area contributed by atoms with Crippen LogP contribution in [0.2, 0.25) is 0 Å². The van der Waals surface area contributed by atoms with Gasteiger partial charge in [-0.15, -0.1) is 0 Å². The molecule has 2 aromatic carbocycles. The highest BCUT2D eigenvalue weighted by Gasteiger charge is 2.15. The zero-order valence-electron chi connectivity index (χ0n) is 12.3. The van der Waals surface area contributed by atoms with Crippen molar-refractivity contribution in [3.05, 3.63) is 65.2 Å². The van der Waals surface area contributed by atoms with Crippen LogP contribution in [0.1, 0.15) is 21.5 Å². The molecule has 110 valence electrons. The quantitative estimate of drug-likeness (QED) is 0.852. The number of carbonyl (C=O) groups is 1. The first-order chi connectivity index (χ1) is 10.1. The number of hydrogen-bond acceptors (Lipinski definition) is 3. The minimum atomic E-state index is -0.417. The van der Waals surface area contributed by atoms with Crippen molar-refractivity contribution in [2.24, 2.45) is 11.5 Å². The SMILES string of the molecule is Cc1ccc(C(N)=O)c(N(CCN)Cc2ccccc2)c1. The number of carbonyl (C=O) groups excluding carboxylic acids is 1. The molecule has 0 aliphatic rings. The summed E-state index contributed by atoms with van der Waals surface area (Å²) in [4.78, 5) is 13.8. The topological polar surface area (TPSA) is 72.4 Å². The number of aryl methyl sites for hydroxylation is 1. The van der Waals surface area contributed by atoms with E-state index in [0.29, 0.717) is 25.2 Å². The molecule has 2 aromatic rings. The highest BCUT2D eigenvalue weighted by Crippen LogP contribution is 2.23. The van der Waals surface area contributed by atoms with E-state index in [1.165, 1.54) is 5.56 Å². The lowest BCUT2D eigenvalue weighted by molar-refractivity contribution is 0.100. The number of anilines is 1. The molecule has 0 aliphatic carbocycles. The van der Waals surface area contributed by atoms with Crippen molar-refractivity contribution in [3.8, 4) is 0 Å². The molecule has 0 fully saturated rings. The molecule has 4 N–H and O–H groups in total. The highest BCUT2D eigenvalue weighted by molar-refractivity contribution is 5.98. The molecule has 4 heteroatoms. The van der Waals surface area contributed by atoms with E-state index in [1.807, 2.05) is 37.3 Å². The summed E-state index contributed by atoms with van der Waals surface area (Å²) < 4.78 is 0. The van der Waals surface area contributed by atoms with Crippen LogP contribution in [-0.2, 0) is 6.54 Å². The van der Waals surface area contributed by atoms with Crippen LogP contribution in [-0.4, -0.2) is 19.0 Å². The summed E-state index contributed by atoms with van der Waals surface area (Å²) in [5.41, 5.74) is 14.9. The number of primary amides is 1. The average Bonchev–Trinajstić information content (AvgIpc) is 2.47. The van der Waals surface area contributed by atoms with Gasteiger partial charge < -0.3 is 16.4 Å². The van der Waals surface area contributed by atoms with E-state index in [1.54, 1.807) is 6.07 Å². The molecular formula is C17H21N3O. The standard InChI is InChI=1S/C17H21N3O/c1-13-7-8-15(17(19)21)16(11-13)20(10-9-18)12-14-5-3-2-4-6-14/h2-8,11H,9-10,12,18H2,1H3,(H2,19,21). The van der Waals surface area contributed by atoms with Gasteiger partial charge in [-0.3, -0.25) is 4.79 Å². The van der Waals surface area contributed by atoms with Crippen LogP contribution in [0.3, 0.4) is 0 Å². The summed E-state index contributed by atoms with van der Waals surface area (Å²) >= 11 is 0. The molecule has 0 bridgehead atoms. The van der Waals surface area contributed by atoms with Crippen molar-refractivity contribution < 1.29 is 4.79 Å². The molecule has 2 rings (SSSR count). The van der Waals surface area contributed by atoms with Gasteiger partial charge in [0.2, 0.25) is 0 Å². The van der Waals surface area contributed by atoms with E-state index >= 15 is 0 Å². The molecule has 0 aliphatic heterocycles. The Kier molecular flexibility index (Phi) is 4.95. The summed E-state index contributed by atoms with van der Waals surface area (Å²) in [7, 11) is 0. The molecule has 0 saturated carbocycles. The Morgan fingerprint density at radius 1 is 1.14 bits per heavy atom. The van der Waals surface area contributed by atoms with E-state index < -0.39 is 5.91 Å². The third-order valence-electron chi connectivity index (χ3n) is 3.37. The Labute approximate surface area is 125 Å². The molecule has 0 saturated heterocycles. The zero-order valence-corrected chi connectivity index (χ0v) is 12.3. The largest absolute Gasteiger partial charge is 0.366 e.